The van der Waals surface area contributed by atoms with Crippen LogP contribution in [0.4, 0.5) is 0 Å². The zero-order valence-electron chi connectivity index (χ0n) is 14.7. The summed E-state index contributed by atoms with van der Waals surface area (Å²) in [6.45, 7) is 2.02. The Bertz CT molecular complexity index is 1040. The summed E-state index contributed by atoms with van der Waals surface area (Å²) >= 11 is 1.42. The van der Waals surface area contributed by atoms with Crippen molar-refractivity contribution in [3.63, 3.8) is 0 Å². The largest absolute Gasteiger partial charge is 0.497 e. The molecule has 2 heterocycles. The summed E-state index contributed by atoms with van der Waals surface area (Å²) in [6.07, 6.45) is 0. The minimum atomic E-state index is 0.468. The van der Waals surface area contributed by atoms with Crippen LogP contribution >= 0.6 is 11.8 Å². The van der Waals surface area contributed by atoms with Gasteiger partial charge in [-0.3, -0.25) is 0 Å². The minimum Gasteiger partial charge on any atom is -0.497 e. The second-order valence-corrected chi connectivity index (χ2v) is 6.67. The molecule has 0 aliphatic rings. The number of nitrogens with zero attached hydrogens (tertiary/aromatic N) is 6. The van der Waals surface area contributed by atoms with Crippen molar-refractivity contribution in [2.75, 3.05) is 7.11 Å². The molecule has 8 nitrogen and oxygen atoms in total. The molecule has 0 aliphatic heterocycles. The lowest BCUT2D eigenvalue weighted by molar-refractivity contribution is 0.414. The molecular formula is C18H16N6O2S. The van der Waals surface area contributed by atoms with Gasteiger partial charge in [-0.1, -0.05) is 29.5 Å². The van der Waals surface area contributed by atoms with Crippen LogP contribution in [0, 0.1) is 6.92 Å². The van der Waals surface area contributed by atoms with Crippen LogP contribution in [-0.2, 0) is 5.75 Å². The number of aromatic nitrogens is 6. The maximum absolute atomic E-state index is 5.76. The molecule has 0 saturated heterocycles. The first kappa shape index (κ1) is 17.2. The Labute approximate surface area is 159 Å². The number of benzene rings is 2. The minimum absolute atomic E-state index is 0.468. The Balaban J connectivity index is 1.48. The molecule has 136 valence electrons. The Morgan fingerprint density at radius 2 is 1.93 bits per heavy atom. The smallest absolute Gasteiger partial charge is 0.247 e. The average Bonchev–Trinajstić information content (AvgIpc) is 3.36. The van der Waals surface area contributed by atoms with Crippen molar-refractivity contribution in [2.24, 2.45) is 0 Å². The van der Waals surface area contributed by atoms with Crippen molar-refractivity contribution in [3.05, 3.63) is 60.0 Å². The van der Waals surface area contributed by atoms with Gasteiger partial charge in [-0.2, -0.15) is 4.68 Å². The average molecular weight is 380 g/mol. The Morgan fingerprint density at radius 3 is 2.70 bits per heavy atom. The van der Waals surface area contributed by atoms with Crippen LogP contribution in [0.2, 0.25) is 0 Å². The van der Waals surface area contributed by atoms with E-state index in [1.54, 1.807) is 11.8 Å². The van der Waals surface area contributed by atoms with Crippen LogP contribution in [0.1, 0.15) is 11.5 Å². The second-order valence-electron chi connectivity index (χ2n) is 5.73. The highest BCUT2D eigenvalue weighted by atomic mass is 32.2. The van der Waals surface area contributed by atoms with Gasteiger partial charge in [0.2, 0.25) is 16.9 Å². The molecule has 4 rings (SSSR count). The second kappa shape index (κ2) is 7.58. The molecule has 0 N–H and O–H groups in total. The lowest BCUT2D eigenvalue weighted by Crippen LogP contribution is -1.99. The normalized spacial score (nSPS) is 10.9. The fourth-order valence-electron chi connectivity index (χ4n) is 2.49. The van der Waals surface area contributed by atoms with Crippen molar-refractivity contribution in [3.8, 4) is 22.9 Å². The summed E-state index contributed by atoms with van der Waals surface area (Å²) in [6, 6.07) is 15.4. The molecule has 0 spiro atoms. The molecule has 0 aliphatic carbocycles. The van der Waals surface area contributed by atoms with Gasteiger partial charge in [-0.15, -0.1) is 15.3 Å². The molecule has 9 heteroatoms. The highest BCUT2D eigenvalue weighted by molar-refractivity contribution is 7.98. The number of tetrazole rings is 1. The third-order valence-electron chi connectivity index (χ3n) is 3.81. The number of hydrogen-bond donors (Lipinski definition) is 0. The van der Waals surface area contributed by atoms with Gasteiger partial charge in [0.15, 0.2) is 0 Å². The summed E-state index contributed by atoms with van der Waals surface area (Å²) in [5, 5.41) is 20.7. The van der Waals surface area contributed by atoms with Crippen molar-refractivity contribution in [1.82, 2.24) is 30.4 Å². The van der Waals surface area contributed by atoms with Gasteiger partial charge in [0.05, 0.1) is 18.6 Å². The monoisotopic (exact) mass is 380 g/mol. The summed E-state index contributed by atoms with van der Waals surface area (Å²) in [5.41, 5.74) is 2.89. The maximum Gasteiger partial charge on any atom is 0.247 e. The van der Waals surface area contributed by atoms with Gasteiger partial charge in [-0.25, -0.2) is 0 Å². The van der Waals surface area contributed by atoms with Crippen LogP contribution < -0.4 is 4.74 Å². The van der Waals surface area contributed by atoms with Gasteiger partial charge in [-0.05, 0) is 53.7 Å². The quantitative estimate of drug-likeness (QED) is 0.470. The van der Waals surface area contributed by atoms with Crippen LogP contribution in [0.3, 0.4) is 0 Å². The molecule has 0 atom stereocenters. The summed E-state index contributed by atoms with van der Waals surface area (Å²) < 4.78 is 12.6. The third kappa shape index (κ3) is 3.82. The molecule has 0 amide bonds. The molecule has 27 heavy (non-hydrogen) atoms. The molecule has 0 saturated carbocycles. The first-order valence-electron chi connectivity index (χ1n) is 8.18. The highest BCUT2D eigenvalue weighted by Crippen LogP contribution is 2.25. The molecule has 0 radical (unpaired) electrons. The van der Waals surface area contributed by atoms with Crippen LogP contribution in [-0.4, -0.2) is 37.5 Å². The summed E-state index contributed by atoms with van der Waals surface area (Å²) in [7, 11) is 1.63. The van der Waals surface area contributed by atoms with E-state index in [-0.39, 0.29) is 0 Å². The Kier molecular flexibility index (Phi) is 4.84. The topological polar surface area (TPSA) is 91.8 Å². The van der Waals surface area contributed by atoms with E-state index in [2.05, 4.69) is 25.7 Å². The van der Waals surface area contributed by atoms with Gasteiger partial charge in [0.1, 0.15) is 5.75 Å². The number of aryl methyl sites for hydroxylation is 1. The highest BCUT2D eigenvalue weighted by Gasteiger charge is 2.13. The van der Waals surface area contributed by atoms with E-state index in [9.17, 15) is 0 Å². The maximum atomic E-state index is 5.76. The zero-order valence-corrected chi connectivity index (χ0v) is 15.6. The fraction of sp³-hybridized carbons (Fsp3) is 0.167. The lowest BCUT2D eigenvalue weighted by atomic mass is 10.1. The van der Waals surface area contributed by atoms with Gasteiger partial charge >= 0.3 is 0 Å². The van der Waals surface area contributed by atoms with E-state index >= 15 is 0 Å². The number of thioether (sulfide) groups is 1. The fourth-order valence-corrected chi connectivity index (χ4v) is 3.22. The first-order chi connectivity index (χ1) is 13.2. The van der Waals surface area contributed by atoms with E-state index in [0.29, 0.717) is 22.7 Å². The van der Waals surface area contributed by atoms with E-state index in [4.69, 9.17) is 9.15 Å². The summed E-state index contributed by atoms with van der Waals surface area (Å²) in [5.74, 6) is 2.26. The molecular weight excluding hydrogens is 364 g/mol. The predicted molar refractivity (Wildman–Crippen MR) is 99.7 cm³/mol. The Hall–Kier alpha value is -3.20. The van der Waals surface area contributed by atoms with Gasteiger partial charge in [0, 0.05) is 5.56 Å². The first-order valence-corrected chi connectivity index (χ1v) is 9.16. The molecule has 2 aromatic heterocycles. The van der Waals surface area contributed by atoms with E-state index < -0.39 is 0 Å². The number of hydrogen-bond acceptors (Lipinski definition) is 8. The Morgan fingerprint density at radius 1 is 1.07 bits per heavy atom. The molecule has 4 aromatic rings. The van der Waals surface area contributed by atoms with Gasteiger partial charge in [0.25, 0.3) is 0 Å². The van der Waals surface area contributed by atoms with Crippen molar-refractivity contribution in [2.45, 2.75) is 17.8 Å². The molecule has 2 aromatic carbocycles. The SMILES string of the molecule is COc1ccc(-n2nnnc2SCc2nnc(-c3cccc(C)c3)o2)cc1. The van der Waals surface area contributed by atoms with E-state index in [1.807, 2.05) is 55.5 Å². The van der Waals surface area contributed by atoms with Gasteiger partial charge < -0.3 is 9.15 Å². The third-order valence-corrected chi connectivity index (χ3v) is 4.72. The standard InChI is InChI=1S/C18H16N6O2S/c1-12-4-3-5-13(10-12)17-20-19-16(26-17)11-27-18-21-22-23-24(18)14-6-8-15(25-2)9-7-14/h3-10H,11H2,1-2H3. The number of methoxy groups -OCH3 is 1. The van der Waals surface area contributed by atoms with E-state index in [0.717, 1.165) is 22.6 Å². The van der Waals surface area contributed by atoms with E-state index in [1.165, 1.54) is 11.8 Å². The number of rotatable bonds is 6. The van der Waals surface area contributed by atoms with Crippen molar-refractivity contribution >= 4 is 11.8 Å². The predicted octanol–water partition coefficient (Wildman–Crippen LogP) is 3.32. The lowest BCUT2D eigenvalue weighted by Gasteiger charge is -2.04. The van der Waals surface area contributed by atoms with Crippen LogP contribution in [0.5, 0.6) is 5.75 Å². The van der Waals surface area contributed by atoms with Crippen molar-refractivity contribution < 1.29 is 9.15 Å². The molecule has 0 fully saturated rings. The zero-order chi connectivity index (χ0) is 18.6. The van der Waals surface area contributed by atoms with Crippen LogP contribution in [0.25, 0.3) is 17.1 Å². The molecule has 0 bridgehead atoms. The van der Waals surface area contributed by atoms with Crippen LogP contribution in [0.15, 0.2) is 58.1 Å². The van der Waals surface area contributed by atoms with Crippen molar-refractivity contribution in [1.29, 1.82) is 0 Å². The summed E-state index contributed by atoms with van der Waals surface area (Å²) in [4.78, 5) is 0. The molecule has 0 unspecified atom stereocenters. The number of ether oxygens (including phenoxy) is 1.